The van der Waals surface area contributed by atoms with Gasteiger partial charge in [-0.2, -0.15) is 0 Å². The van der Waals surface area contributed by atoms with Gasteiger partial charge in [0, 0.05) is 12.0 Å². The van der Waals surface area contributed by atoms with Gasteiger partial charge in [0.1, 0.15) is 11.9 Å². The molecule has 0 heterocycles. The summed E-state index contributed by atoms with van der Waals surface area (Å²) < 4.78 is 4.97. The lowest BCUT2D eigenvalue weighted by atomic mass is 10.0. The van der Waals surface area contributed by atoms with Crippen LogP contribution in [0.5, 0.6) is 5.75 Å². The zero-order valence-electron chi connectivity index (χ0n) is 8.66. The van der Waals surface area contributed by atoms with Crippen LogP contribution in [-0.4, -0.2) is 18.0 Å². The molecule has 0 bridgehead atoms. The number of rotatable bonds is 4. The quantitative estimate of drug-likeness (QED) is 0.861. The number of benzene rings is 1. The van der Waals surface area contributed by atoms with Crippen molar-refractivity contribution >= 4 is 17.4 Å². The van der Waals surface area contributed by atoms with Gasteiger partial charge in [-0.1, -0.05) is 24.6 Å². The topological polar surface area (TPSA) is 46.5 Å². The van der Waals surface area contributed by atoms with E-state index in [4.69, 9.17) is 16.3 Å². The average molecular weight is 229 g/mol. The van der Waals surface area contributed by atoms with E-state index in [1.165, 1.54) is 7.11 Å². The molecule has 0 radical (unpaired) electrons. The minimum absolute atomic E-state index is 0.248. The maximum Gasteiger partial charge on any atom is 0.165 e. The number of Topliss-reactive ketones (excluding diaryl/α,β-unsaturated/α-hetero) is 1. The third kappa shape index (κ3) is 2.70. The maximum atomic E-state index is 11.3. The highest BCUT2D eigenvalue weighted by molar-refractivity contribution is 6.31. The Morgan fingerprint density at radius 1 is 1.60 bits per heavy atom. The van der Waals surface area contributed by atoms with Crippen LogP contribution in [0.15, 0.2) is 18.2 Å². The van der Waals surface area contributed by atoms with Crippen LogP contribution in [0.25, 0.3) is 0 Å². The highest BCUT2D eigenvalue weighted by Gasteiger charge is 2.18. The number of methoxy groups -OCH3 is 1. The fourth-order valence-corrected chi connectivity index (χ4v) is 1.50. The van der Waals surface area contributed by atoms with Gasteiger partial charge in [-0.15, -0.1) is 0 Å². The van der Waals surface area contributed by atoms with Crippen molar-refractivity contribution in [2.24, 2.45) is 0 Å². The summed E-state index contributed by atoms with van der Waals surface area (Å²) >= 11 is 5.91. The number of ether oxygens (including phenoxy) is 1. The minimum atomic E-state index is -1.14. The summed E-state index contributed by atoms with van der Waals surface area (Å²) in [5.74, 6) is 0.349. The summed E-state index contributed by atoms with van der Waals surface area (Å²) in [7, 11) is 1.53. The van der Waals surface area contributed by atoms with Crippen LogP contribution in [0, 0.1) is 0 Å². The molecule has 3 nitrogen and oxygen atoms in total. The smallest absolute Gasteiger partial charge is 0.165 e. The summed E-state index contributed by atoms with van der Waals surface area (Å²) in [6, 6.07) is 4.83. The molecule has 0 fully saturated rings. The third-order valence-electron chi connectivity index (χ3n) is 2.16. The number of hydrogen-bond donors (Lipinski definition) is 1. The van der Waals surface area contributed by atoms with Crippen LogP contribution in [0.2, 0.25) is 5.02 Å². The van der Waals surface area contributed by atoms with Gasteiger partial charge in [-0.25, -0.2) is 0 Å². The van der Waals surface area contributed by atoms with Crippen molar-refractivity contribution in [3.63, 3.8) is 0 Å². The van der Waals surface area contributed by atoms with Crippen molar-refractivity contribution in [1.82, 2.24) is 0 Å². The van der Waals surface area contributed by atoms with E-state index in [2.05, 4.69) is 0 Å². The van der Waals surface area contributed by atoms with E-state index in [9.17, 15) is 9.90 Å². The number of carbonyl (C=O) groups is 1. The van der Waals surface area contributed by atoms with Crippen LogP contribution in [0.1, 0.15) is 25.0 Å². The first-order valence-electron chi connectivity index (χ1n) is 4.64. The van der Waals surface area contributed by atoms with Gasteiger partial charge < -0.3 is 9.84 Å². The predicted octanol–water partition coefficient (Wildman–Crippen LogP) is 2.36. The standard InChI is InChI=1S/C11H13ClO3/c1-3-10(13)11(14)8-5-4-7(15-2)6-9(8)12/h4-6,11,14H,3H2,1-2H3. The van der Waals surface area contributed by atoms with Gasteiger partial charge in [-0.05, 0) is 12.1 Å². The summed E-state index contributed by atoms with van der Waals surface area (Å²) in [5.41, 5.74) is 0.421. The maximum absolute atomic E-state index is 11.3. The van der Waals surface area contributed by atoms with Gasteiger partial charge in [0.05, 0.1) is 12.1 Å². The Bertz CT molecular complexity index is 363. The van der Waals surface area contributed by atoms with Gasteiger partial charge in [-0.3, -0.25) is 4.79 Å². The molecule has 0 saturated carbocycles. The molecule has 1 aromatic carbocycles. The average Bonchev–Trinajstić information content (AvgIpc) is 2.26. The van der Waals surface area contributed by atoms with E-state index < -0.39 is 6.10 Å². The SMILES string of the molecule is CCC(=O)C(O)c1ccc(OC)cc1Cl. The molecule has 4 heteroatoms. The van der Waals surface area contributed by atoms with Crippen LogP contribution >= 0.6 is 11.6 Å². The molecule has 1 atom stereocenters. The number of ketones is 1. The summed E-state index contributed by atoms with van der Waals surface area (Å²) in [4.78, 5) is 11.3. The number of aliphatic hydroxyl groups is 1. The number of aliphatic hydroxyl groups excluding tert-OH is 1. The van der Waals surface area contributed by atoms with Gasteiger partial charge in [0.25, 0.3) is 0 Å². The Labute approximate surface area is 93.6 Å². The Balaban J connectivity index is 3.00. The Kier molecular flexibility index (Phi) is 4.12. The first-order chi connectivity index (χ1) is 7.10. The van der Waals surface area contributed by atoms with E-state index in [0.717, 1.165) is 0 Å². The van der Waals surface area contributed by atoms with Crippen LogP contribution in [0.4, 0.5) is 0 Å². The first-order valence-corrected chi connectivity index (χ1v) is 5.02. The van der Waals surface area contributed by atoms with Gasteiger partial charge in [0.15, 0.2) is 5.78 Å². The largest absolute Gasteiger partial charge is 0.497 e. The zero-order chi connectivity index (χ0) is 11.4. The molecule has 0 amide bonds. The third-order valence-corrected chi connectivity index (χ3v) is 2.48. The molecular formula is C11H13ClO3. The number of halogens is 1. The van der Waals surface area contributed by atoms with Crippen molar-refractivity contribution in [1.29, 1.82) is 0 Å². The molecule has 0 aliphatic carbocycles. The minimum Gasteiger partial charge on any atom is -0.497 e. The zero-order valence-corrected chi connectivity index (χ0v) is 9.41. The molecule has 0 aliphatic heterocycles. The lowest BCUT2D eigenvalue weighted by Crippen LogP contribution is -2.10. The second kappa shape index (κ2) is 5.14. The molecule has 1 unspecified atom stereocenters. The number of carbonyl (C=O) groups excluding carboxylic acids is 1. The lowest BCUT2D eigenvalue weighted by molar-refractivity contribution is -0.127. The van der Waals surface area contributed by atoms with Crippen molar-refractivity contribution in [3.8, 4) is 5.75 Å². The second-order valence-electron chi connectivity index (χ2n) is 3.11. The molecule has 1 N–H and O–H groups in total. The van der Waals surface area contributed by atoms with Crippen molar-refractivity contribution < 1.29 is 14.6 Å². The van der Waals surface area contributed by atoms with E-state index in [0.29, 0.717) is 16.3 Å². The molecule has 1 rings (SSSR count). The molecule has 1 aromatic rings. The first kappa shape index (κ1) is 12.0. The summed E-state index contributed by atoms with van der Waals surface area (Å²) in [6.07, 6.45) is -0.864. The summed E-state index contributed by atoms with van der Waals surface area (Å²) in [5, 5.41) is 10.00. The lowest BCUT2D eigenvalue weighted by Gasteiger charge is -2.11. The van der Waals surface area contributed by atoms with Gasteiger partial charge in [0.2, 0.25) is 0 Å². The predicted molar refractivity (Wildman–Crippen MR) is 58.3 cm³/mol. The fourth-order valence-electron chi connectivity index (χ4n) is 1.22. The van der Waals surface area contributed by atoms with Gasteiger partial charge >= 0.3 is 0 Å². The fraction of sp³-hybridized carbons (Fsp3) is 0.364. The van der Waals surface area contributed by atoms with E-state index in [-0.39, 0.29) is 12.2 Å². The normalized spacial score (nSPS) is 12.3. The highest BCUT2D eigenvalue weighted by atomic mass is 35.5. The Morgan fingerprint density at radius 2 is 2.27 bits per heavy atom. The van der Waals surface area contributed by atoms with Crippen LogP contribution < -0.4 is 4.74 Å². The summed E-state index contributed by atoms with van der Waals surface area (Å²) in [6.45, 7) is 1.70. The van der Waals surface area contributed by atoms with Crippen LogP contribution in [0.3, 0.4) is 0 Å². The molecule has 0 saturated heterocycles. The molecule has 15 heavy (non-hydrogen) atoms. The van der Waals surface area contributed by atoms with Crippen molar-refractivity contribution in [2.45, 2.75) is 19.4 Å². The molecule has 82 valence electrons. The van der Waals surface area contributed by atoms with E-state index in [1.807, 2.05) is 0 Å². The molecule has 0 aliphatic rings. The molecular weight excluding hydrogens is 216 g/mol. The molecule has 0 aromatic heterocycles. The van der Waals surface area contributed by atoms with E-state index >= 15 is 0 Å². The van der Waals surface area contributed by atoms with Crippen LogP contribution in [-0.2, 0) is 4.79 Å². The molecule has 0 spiro atoms. The van der Waals surface area contributed by atoms with Crippen molar-refractivity contribution in [2.75, 3.05) is 7.11 Å². The Hall–Kier alpha value is -1.06. The number of hydrogen-bond acceptors (Lipinski definition) is 3. The monoisotopic (exact) mass is 228 g/mol. The van der Waals surface area contributed by atoms with Crippen molar-refractivity contribution in [3.05, 3.63) is 28.8 Å². The highest BCUT2D eigenvalue weighted by Crippen LogP contribution is 2.28. The Morgan fingerprint density at radius 3 is 2.73 bits per heavy atom. The second-order valence-corrected chi connectivity index (χ2v) is 3.52. The van der Waals surface area contributed by atoms with E-state index in [1.54, 1.807) is 25.1 Å².